The van der Waals surface area contributed by atoms with E-state index in [9.17, 15) is 0 Å². The van der Waals surface area contributed by atoms with Gasteiger partial charge in [0, 0.05) is 25.8 Å². The molecule has 2 fully saturated rings. The standard InChI is InChI=1S/C17H27N3/c1-14-6-8-15(9-7-14)13-19-16-5-4-10-18-17(16)20-11-2-3-12-20/h4-5,10,14-15,19H,2-3,6-9,11-13H2,1H3. The Balaban J connectivity index is 1.59. The van der Waals surface area contributed by atoms with Crippen LogP contribution in [0.1, 0.15) is 45.4 Å². The van der Waals surface area contributed by atoms with E-state index in [1.807, 2.05) is 12.3 Å². The molecule has 1 aromatic rings. The average Bonchev–Trinajstić information content (AvgIpc) is 3.01. The van der Waals surface area contributed by atoms with Gasteiger partial charge in [-0.1, -0.05) is 19.8 Å². The summed E-state index contributed by atoms with van der Waals surface area (Å²) < 4.78 is 0. The lowest BCUT2D eigenvalue weighted by Gasteiger charge is -2.27. The van der Waals surface area contributed by atoms with Crippen LogP contribution in [0.5, 0.6) is 0 Å². The molecule has 1 saturated heterocycles. The highest BCUT2D eigenvalue weighted by Gasteiger charge is 2.20. The van der Waals surface area contributed by atoms with Crippen molar-refractivity contribution in [2.75, 3.05) is 29.9 Å². The third-order valence-corrected chi connectivity index (χ3v) is 4.91. The van der Waals surface area contributed by atoms with Gasteiger partial charge in [-0.15, -0.1) is 0 Å². The van der Waals surface area contributed by atoms with Crippen LogP contribution >= 0.6 is 0 Å². The molecule has 1 aliphatic heterocycles. The quantitative estimate of drug-likeness (QED) is 0.901. The van der Waals surface area contributed by atoms with Crippen LogP contribution in [-0.2, 0) is 0 Å². The van der Waals surface area contributed by atoms with Crippen LogP contribution in [0.2, 0.25) is 0 Å². The Morgan fingerprint density at radius 1 is 1.20 bits per heavy atom. The van der Waals surface area contributed by atoms with E-state index in [4.69, 9.17) is 0 Å². The van der Waals surface area contributed by atoms with E-state index in [0.29, 0.717) is 0 Å². The highest BCUT2D eigenvalue weighted by molar-refractivity contribution is 5.65. The first-order valence-electron chi connectivity index (χ1n) is 8.27. The molecule has 3 nitrogen and oxygen atoms in total. The van der Waals surface area contributed by atoms with Crippen molar-refractivity contribution in [2.24, 2.45) is 11.8 Å². The van der Waals surface area contributed by atoms with E-state index in [1.165, 1.54) is 44.2 Å². The van der Waals surface area contributed by atoms with E-state index >= 15 is 0 Å². The minimum atomic E-state index is 0.845. The first kappa shape index (κ1) is 13.7. The Kier molecular flexibility index (Phi) is 4.44. The molecule has 110 valence electrons. The molecule has 1 saturated carbocycles. The van der Waals surface area contributed by atoms with Gasteiger partial charge in [0.05, 0.1) is 5.69 Å². The molecule has 0 atom stereocenters. The van der Waals surface area contributed by atoms with E-state index in [0.717, 1.165) is 37.3 Å². The van der Waals surface area contributed by atoms with Crippen molar-refractivity contribution in [3.05, 3.63) is 18.3 Å². The first-order valence-corrected chi connectivity index (χ1v) is 8.27. The highest BCUT2D eigenvalue weighted by atomic mass is 15.2. The van der Waals surface area contributed by atoms with Gasteiger partial charge in [0.2, 0.25) is 0 Å². The molecular weight excluding hydrogens is 246 g/mol. The van der Waals surface area contributed by atoms with Crippen LogP contribution in [0.15, 0.2) is 18.3 Å². The number of hydrogen-bond acceptors (Lipinski definition) is 3. The lowest BCUT2D eigenvalue weighted by molar-refractivity contribution is 0.300. The van der Waals surface area contributed by atoms with E-state index in [-0.39, 0.29) is 0 Å². The molecule has 1 aliphatic carbocycles. The van der Waals surface area contributed by atoms with Gasteiger partial charge in [0.15, 0.2) is 5.82 Å². The molecule has 3 rings (SSSR count). The second-order valence-electron chi connectivity index (χ2n) is 6.58. The summed E-state index contributed by atoms with van der Waals surface area (Å²) in [6.07, 6.45) is 10.1. The predicted octanol–water partition coefficient (Wildman–Crippen LogP) is 3.92. The summed E-state index contributed by atoms with van der Waals surface area (Å²) in [5.41, 5.74) is 1.23. The average molecular weight is 273 g/mol. The molecule has 0 radical (unpaired) electrons. The number of nitrogens with zero attached hydrogens (tertiary/aromatic N) is 2. The molecule has 3 heteroatoms. The minimum absolute atomic E-state index is 0.845. The number of pyridine rings is 1. The molecular formula is C17H27N3. The Bertz CT molecular complexity index is 418. The van der Waals surface area contributed by atoms with Gasteiger partial charge in [-0.05, 0) is 49.7 Å². The maximum absolute atomic E-state index is 4.60. The molecule has 0 unspecified atom stereocenters. The highest BCUT2D eigenvalue weighted by Crippen LogP contribution is 2.30. The van der Waals surface area contributed by atoms with Crippen molar-refractivity contribution >= 4 is 11.5 Å². The van der Waals surface area contributed by atoms with Gasteiger partial charge in [-0.25, -0.2) is 4.98 Å². The molecule has 20 heavy (non-hydrogen) atoms. The number of anilines is 2. The lowest BCUT2D eigenvalue weighted by Crippen LogP contribution is -2.23. The zero-order valence-corrected chi connectivity index (χ0v) is 12.6. The summed E-state index contributed by atoms with van der Waals surface area (Å²) in [6, 6.07) is 4.23. The Labute approximate surface area is 122 Å². The summed E-state index contributed by atoms with van der Waals surface area (Å²) in [5.74, 6) is 2.94. The zero-order chi connectivity index (χ0) is 13.8. The molecule has 2 aliphatic rings. The second kappa shape index (κ2) is 6.47. The smallest absolute Gasteiger partial charge is 0.151 e. The number of hydrogen-bond donors (Lipinski definition) is 1. The van der Waals surface area contributed by atoms with Gasteiger partial charge in [-0.2, -0.15) is 0 Å². The summed E-state index contributed by atoms with van der Waals surface area (Å²) in [7, 11) is 0. The monoisotopic (exact) mass is 273 g/mol. The fraction of sp³-hybridized carbons (Fsp3) is 0.706. The Morgan fingerprint density at radius 3 is 2.70 bits per heavy atom. The van der Waals surface area contributed by atoms with Crippen LogP contribution in [0.4, 0.5) is 11.5 Å². The fourth-order valence-corrected chi connectivity index (χ4v) is 3.50. The predicted molar refractivity (Wildman–Crippen MR) is 85.3 cm³/mol. The van der Waals surface area contributed by atoms with Crippen LogP contribution in [0.3, 0.4) is 0 Å². The summed E-state index contributed by atoms with van der Waals surface area (Å²) in [4.78, 5) is 7.02. The van der Waals surface area contributed by atoms with E-state index in [2.05, 4.69) is 28.2 Å². The van der Waals surface area contributed by atoms with Crippen molar-refractivity contribution in [1.82, 2.24) is 4.98 Å². The minimum Gasteiger partial charge on any atom is -0.382 e. The molecule has 0 spiro atoms. The summed E-state index contributed by atoms with van der Waals surface area (Å²) >= 11 is 0. The van der Waals surface area contributed by atoms with Crippen molar-refractivity contribution < 1.29 is 0 Å². The topological polar surface area (TPSA) is 28.2 Å². The van der Waals surface area contributed by atoms with Gasteiger partial charge < -0.3 is 10.2 Å². The number of aromatic nitrogens is 1. The van der Waals surface area contributed by atoms with Crippen LogP contribution in [0, 0.1) is 11.8 Å². The van der Waals surface area contributed by atoms with Gasteiger partial charge in [0.1, 0.15) is 0 Å². The third kappa shape index (κ3) is 3.25. The van der Waals surface area contributed by atoms with Crippen LogP contribution < -0.4 is 10.2 Å². The van der Waals surface area contributed by atoms with E-state index in [1.54, 1.807) is 0 Å². The molecule has 1 aromatic heterocycles. The normalized spacial score (nSPS) is 26.8. The molecule has 2 heterocycles. The second-order valence-corrected chi connectivity index (χ2v) is 6.58. The summed E-state index contributed by atoms with van der Waals surface area (Å²) in [5, 5.41) is 3.67. The maximum atomic E-state index is 4.60. The lowest BCUT2D eigenvalue weighted by atomic mass is 9.83. The van der Waals surface area contributed by atoms with Gasteiger partial charge >= 0.3 is 0 Å². The largest absolute Gasteiger partial charge is 0.382 e. The Morgan fingerprint density at radius 2 is 1.95 bits per heavy atom. The van der Waals surface area contributed by atoms with Crippen LogP contribution in [-0.4, -0.2) is 24.6 Å². The van der Waals surface area contributed by atoms with Crippen molar-refractivity contribution in [3.63, 3.8) is 0 Å². The fourth-order valence-electron chi connectivity index (χ4n) is 3.50. The summed E-state index contributed by atoms with van der Waals surface area (Å²) in [6.45, 7) is 5.81. The van der Waals surface area contributed by atoms with Crippen LogP contribution in [0.25, 0.3) is 0 Å². The molecule has 0 amide bonds. The SMILES string of the molecule is CC1CCC(CNc2cccnc2N2CCCC2)CC1. The van der Waals surface area contributed by atoms with Crippen molar-refractivity contribution in [1.29, 1.82) is 0 Å². The van der Waals surface area contributed by atoms with Crippen molar-refractivity contribution in [3.8, 4) is 0 Å². The molecule has 1 N–H and O–H groups in total. The Hall–Kier alpha value is -1.25. The molecule has 0 bridgehead atoms. The molecule has 0 aromatic carbocycles. The van der Waals surface area contributed by atoms with Gasteiger partial charge in [-0.3, -0.25) is 0 Å². The maximum Gasteiger partial charge on any atom is 0.151 e. The van der Waals surface area contributed by atoms with Gasteiger partial charge in [0.25, 0.3) is 0 Å². The third-order valence-electron chi connectivity index (χ3n) is 4.91. The first-order chi connectivity index (χ1) is 9.83. The van der Waals surface area contributed by atoms with Crippen molar-refractivity contribution in [2.45, 2.75) is 45.4 Å². The number of nitrogens with one attached hydrogen (secondary N) is 1. The number of rotatable bonds is 4. The van der Waals surface area contributed by atoms with E-state index < -0.39 is 0 Å². The zero-order valence-electron chi connectivity index (χ0n) is 12.6.